The van der Waals surface area contributed by atoms with Crippen molar-refractivity contribution in [2.75, 3.05) is 17.7 Å². The van der Waals surface area contributed by atoms with Crippen molar-refractivity contribution in [3.05, 3.63) is 35.8 Å². The topological polar surface area (TPSA) is 87.9 Å². The summed E-state index contributed by atoms with van der Waals surface area (Å²) in [4.78, 5) is 17.7. The Kier molecular flexibility index (Phi) is 3.27. The van der Waals surface area contributed by atoms with Gasteiger partial charge in [0.2, 0.25) is 0 Å². The molecule has 6 heteroatoms. The number of nitrogens with one attached hydrogen (secondary N) is 1. The second kappa shape index (κ2) is 4.87. The molecule has 0 atom stereocenters. The van der Waals surface area contributed by atoms with E-state index >= 15 is 0 Å². The lowest BCUT2D eigenvalue weighted by molar-refractivity contribution is 0.0988. The van der Waals surface area contributed by atoms with Crippen molar-refractivity contribution in [1.82, 2.24) is 15.2 Å². The molecule has 0 aliphatic carbocycles. The zero-order valence-electron chi connectivity index (χ0n) is 10.3. The molecule has 0 aliphatic rings. The summed E-state index contributed by atoms with van der Waals surface area (Å²) in [6.45, 7) is 1.95. The SMILES string of the molecule is CCc1[nH]nc(C(=O)N(C)c2ccccn2)c1N. The van der Waals surface area contributed by atoms with Gasteiger partial charge >= 0.3 is 0 Å². The molecule has 0 radical (unpaired) electrons. The van der Waals surface area contributed by atoms with E-state index in [1.807, 2.05) is 13.0 Å². The van der Waals surface area contributed by atoms with Crippen LogP contribution in [-0.2, 0) is 6.42 Å². The van der Waals surface area contributed by atoms with Gasteiger partial charge in [-0.2, -0.15) is 5.10 Å². The molecule has 0 unspecified atom stereocenters. The molecule has 0 spiro atoms. The second-order valence-corrected chi connectivity index (χ2v) is 3.87. The van der Waals surface area contributed by atoms with Crippen LogP contribution >= 0.6 is 0 Å². The van der Waals surface area contributed by atoms with Gasteiger partial charge in [0.15, 0.2) is 5.69 Å². The van der Waals surface area contributed by atoms with Crippen LogP contribution < -0.4 is 10.6 Å². The molecule has 0 saturated carbocycles. The molecule has 0 saturated heterocycles. The number of nitrogen functional groups attached to an aromatic ring is 1. The Labute approximate surface area is 105 Å². The van der Waals surface area contributed by atoms with E-state index < -0.39 is 0 Å². The van der Waals surface area contributed by atoms with Gasteiger partial charge in [0, 0.05) is 13.2 Å². The van der Waals surface area contributed by atoms with E-state index in [1.165, 1.54) is 4.90 Å². The molecule has 6 nitrogen and oxygen atoms in total. The largest absolute Gasteiger partial charge is 0.395 e. The number of aromatic nitrogens is 3. The third kappa shape index (κ3) is 2.04. The Morgan fingerprint density at radius 2 is 2.28 bits per heavy atom. The first-order valence-electron chi connectivity index (χ1n) is 5.67. The number of anilines is 2. The highest BCUT2D eigenvalue weighted by Crippen LogP contribution is 2.18. The maximum Gasteiger partial charge on any atom is 0.281 e. The first-order valence-corrected chi connectivity index (χ1v) is 5.67. The molecular formula is C12H15N5O. The van der Waals surface area contributed by atoms with Gasteiger partial charge in [0.05, 0.1) is 11.4 Å². The smallest absolute Gasteiger partial charge is 0.281 e. The van der Waals surface area contributed by atoms with Gasteiger partial charge in [-0.05, 0) is 18.6 Å². The fourth-order valence-electron chi connectivity index (χ4n) is 1.63. The second-order valence-electron chi connectivity index (χ2n) is 3.87. The van der Waals surface area contributed by atoms with Crippen LogP contribution in [0.2, 0.25) is 0 Å². The third-order valence-corrected chi connectivity index (χ3v) is 2.74. The summed E-state index contributed by atoms with van der Waals surface area (Å²) in [7, 11) is 1.64. The highest BCUT2D eigenvalue weighted by molar-refractivity contribution is 6.07. The summed E-state index contributed by atoms with van der Waals surface area (Å²) in [5.41, 5.74) is 7.28. The molecule has 0 bridgehead atoms. The van der Waals surface area contributed by atoms with Gasteiger partial charge in [-0.3, -0.25) is 14.8 Å². The highest BCUT2D eigenvalue weighted by atomic mass is 16.2. The van der Waals surface area contributed by atoms with Crippen molar-refractivity contribution in [2.45, 2.75) is 13.3 Å². The van der Waals surface area contributed by atoms with Gasteiger partial charge in [-0.1, -0.05) is 13.0 Å². The average molecular weight is 245 g/mol. The Morgan fingerprint density at radius 3 is 2.83 bits per heavy atom. The van der Waals surface area contributed by atoms with E-state index in [2.05, 4.69) is 15.2 Å². The molecule has 0 aromatic carbocycles. The van der Waals surface area contributed by atoms with Crippen LogP contribution in [0.1, 0.15) is 23.1 Å². The quantitative estimate of drug-likeness (QED) is 0.851. The van der Waals surface area contributed by atoms with Crippen molar-refractivity contribution < 1.29 is 4.79 Å². The van der Waals surface area contributed by atoms with E-state index in [9.17, 15) is 4.79 Å². The molecule has 94 valence electrons. The number of amides is 1. The zero-order chi connectivity index (χ0) is 13.1. The number of aryl methyl sites for hydroxylation is 1. The minimum absolute atomic E-state index is 0.236. The lowest BCUT2D eigenvalue weighted by atomic mass is 10.2. The van der Waals surface area contributed by atoms with Crippen LogP contribution in [0.5, 0.6) is 0 Å². The summed E-state index contributed by atoms with van der Waals surface area (Å²) in [5.74, 6) is 0.282. The zero-order valence-corrected chi connectivity index (χ0v) is 10.3. The fraction of sp³-hybridized carbons (Fsp3) is 0.250. The van der Waals surface area contributed by atoms with Crippen molar-refractivity contribution in [2.24, 2.45) is 0 Å². The van der Waals surface area contributed by atoms with E-state index in [0.29, 0.717) is 17.9 Å². The number of hydrogen-bond acceptors (Lipinski definition) is 4. The van der Waals surface area contributed by atoms with Crippen LogP contribution in [0.3, 0.4) is 0 Å². The normalized spacial score (nSPS) is 10.3. The number of carbonyl (C=O) groups is 1. The summed E-state index contributed by atoms with van der Waals surface area (Å²) in [5, 5.41) is 6.73. The summed E-state index contributed by atoms with van der Waals surface area (Å²) >= 11 is 0. The average Bonchev–Trinajstić information content (AvgIpc) is 2.79. The number of hydrogen-bond donors (Lipinski definition) is 2. The minimum atomic E-state index is -0.276. The monoisotopic (exact) mass is 245 g/mol. The molecule has 18 heavy (non-hydrogen) atoms. The molecule has 2 aromatic rings. The van der Waals surface area contributed by atoms with E-state index in [1.54, 1.807) is 25.4 Å². The summed E-state index contributed by atoms with van der Waals surface area (Å²) in [6.07, 6.45) is 2.34. The maximum absolute atomic E-state index is 12.2. The summed E-state index contributed by atoms with van der Waals surface area (Å²) < 4.78 is 0. The number of nitrogens with zero attached hydrogens (tertiary/aromatic N) is 3. The van der Waals surface area contributed by atoms with Gasteiger partial charge in [0.1, 0.15) is 5.82 Å². The van der Waals surface area contributed by atoms with Gasteiger partial charge in [0.25, 0.3) is 5.91 Å². The number of rotatable bonds is 3. The maximum atomic E-state index is 12.2. The molecular weight excluding hydrogens is 230 g/mol. The first kappa shape index (κ1) is 12.1. The minimum Gasteiger partial charge on any atom is -0.395 e. The number of aromatic amines is 1. The van der Waals surface area contributed by atoms with Crippen molar-refractivity contribution in [3.8, 4) is 0 Å². The van der Waals surface area contributed by atoms with E-state index in [-0.39, 0.29) is 11.6 Å². The van der Waals surface area contributed by atoms with E-state index in [4.69, 9.17) is 5.73 Å². The standard InChI is InChI=1S/C12H15N5O/c1-3-8-10(13)11(16-15-8)12(18)17(2)9-6-4-5-7-14-9/h4-7H,3,13H2,1-2H3,(H,15,16). The van der Waals surface area contributed by atoms with Crippen molar-refractivity contribution in [1.29, 1.82) is 0 Å². The summed E-state index contributed by atoms with van der Waals surface area (Å²) in [6, 6.07) is 5.36. The third-order valence-electron chi connectivity index (χ3n) is 2.74. The molecule has 3 N–H and O–H groups in total. The Morgan fingerprint density at radius 1 is 1.50 bits per heavy atom. The molecule has 2 rings (SSSR count). The van der Waals surface area contributed by atoms with Crippen LogP contribution in [-0.4, -0.2) is 28.1 Å². The van der Waals surface area contributed by atoms with E-state index in [0.717, 1.165) is 5.69 Å². The lowest BCUT2D eigenvalue weighted by Crippen LogP contribution is -2.28. The Hall–Kier alpha value is -2.37. The number of carbonyl (C=O) groups excluding carboxylic acids is 1. The predicted octanol–water partition coefficient (Wildman–Crippen LogP) is 1.23. The van der Waals surface area contributed by atoms with Crippen molar-refractivity contribution >= 4 is 17.4 Å². The molecule has 0 fully saturated rings. The molecule has 2 aromatic heterocycles. The fourth-order valence-corrected chi connectivity index (χ4v) is 1.63. The lowest BCUT2D eigenvalue weighted by Gasteiger charge is -2.14. The first-order chi connectivity index (χ1) is 8.65. The van der Waals surface area contributed by atoms with Crippen molar-refractivity contribution in [3.63, 3.8) is 0 Å². The van der Waals surface area contributed by atoms with Gasteiger partial charge < -0.3 is 5.73 Å². The Balaban J connectivity index is 2.29. The number of pyridine rings is 1. The van der Waals surface area contributed by atoms with Crippen LogP contribution in [0, 0.1) is 0 Å². The molecule has 1 amide bonds. The van der Waals surface area contributed by atoms with Crippen LogP contribution in [0.15, 0.2) is 24.4 Å². The number of nitrogens with two attached hydrogens (primary N) is 1. The highest BCUT2D eigenvalue weighted by Gasteiger charge is 2.21. The predicted molar refractivity (Wildman–Crippen MR) is 69.3 cm³/mol. The van der Waals surface area contributed by atoms with Gasteiger partial charge in [-0.15, -0.1) is 0 Å². The van der Waals surface area contributed by atoms with Gasteiger partial charge in [-0.25, -0.2) is 4.98 Å². The molecule has 2 heterocycles. The molecule has 0 aliphatic heterocycles. The van der Waals surface area contributed by atoms with Crippen LogP contribution in [0.4, 0.5) is 11.5 Å². The van der Waals surface area contributed by atoms with Crippen LogP contribution in [0.25, 0.3) is 0 Å². The number of H-pyrrole nitrogens is 1. The Bertz CT molecular complexity index is 549.